The van der Waals surface area contributed by atoms with E-state index in [2.05, 4.69) is 25.8 Å². The second kappa shape index (κ2) is 5.31. The molecule has 7 heteroatoms. The van der Waals surface area contributed by atoms with Gasteiger partial charge in [0.25, 0.3) is 5.56 Å². The van der Waals surface area contributed by atoms with Crippen LogP contribution in [0, 0.1) is 5.82 Å². The fourth-order valence-corrected chi connectivity index (χ4v) is 1.92. The molecule has 0 atom stereocenters. The fourth-order valence-electron chi connectivity index (χ4n) is 1.47. The van der Waals surface area contributed by atoms with Gasteiger partial charge in [-0.3, -0.25) is 4.79 Å². The highest BCUT2D eigenvalue weighted by atomic mass is 79.9. The van der Waals surface area contributed by atoms with Crippen LogP contribution in [-0.4, -0.2) is 22.9 Å². The third kappa shape index (κ3) is 2.87. The van der Waals surface area contributed by atoms with Gasteiger partial charge >= 0.3 is 5.97 Å². The Morgan fingerprint density at radius 2 is 2.11 bits per heavy atom. The topological polar surface area (TPSA) is 61.2 Å². The summed E-state index contributed by atoms with van der Waals surface area (Å²) in [5.41, 5.74) is -0.310. The van der Waals surface area contributed by atoms with Gasteiger partial charge in [-0.15, -0.1) is 0 Å². The van der Waals surface area contributed by atoms with Crippen LogP contribution in [0.15, 0.2) is 39.6 Å². The van der Waals surface area contributed by atoms with Gasteiger partial charge in [-0.1, -0.05) is 15.9 Å². The van der Waals surface area contributed by atoms with Crippen LogP contribution in [0.5, 0.6) is 0 Å². The number of benzene rings is 1. The minimum absolute atomic E-state index is 0.0394. The molecule has 0 aliphatic rings. The van der Waals surface area contributed by atoms with Crippen molar-refractivity contribution in [3.8, 4) is 5.69 Å². The smallest absolute Gasteiger partial charge is 0.358 e. The highest BCUT2D eigenvalue weighted by molar-refractivity contribution is 9.10. The van der Waals surface area contributed by atoms with E-state index in [1.807, 2.05) is 0 Å². The zero-order valence-corrected chi connectivity index (χ0v) is 11.3. The number of nitrogens with zero attached hydrogens (tertiary/aromatic N) is 2. The number of hydrogen-bond donors (Lipinski definition) is 0. The van der Waals surface area contributed by atoms with Crippen LogP contribution < -0.4 is 5.56 Å². The normalized spacial score (nSPS) is 10.3. The first-order valence-electron chi connectivity index (χ1n) is 5.16. The van der Waals surface area contributed by atoms with Gasteiger partial charge in [0.15, 0.2) is 5.69 Å². The molecular formula is C12H8BrFN2O3. The summed E-state index contributed by atoms with van der Waals surface area (Å²) in [5.74, 6) is -1.20. The Hall–Kier alpha value is -2.02. The number of carbonyl (C=O) groups excluding carboxylic acids is 1. The van der Waals surface area contributed by atoms with Crippen molar-refractivity contribution in [2.45, 2.75) is 0 Å². The lowest BCUT2D eigenvalue weighted by Gasteiger charge is -2.06. The summed E-state index contributed by atoms with van der Waals surface area (Å²) in [6.07, 6.45) is 0. The first kappa shape index (κ1) is 13.4. The molecule has 0 unspecified atom stereocenters. The van der Waals surface area contributed by atoms with Gasteiger partial charge in [0, 0.05) is 10.5 Å². The molecule has 0 bridgehead atoms. The Morgan fingerprint density at radius 1 is 1.37 bits per heavy atom. The number of carbonyl (C=O) groups is 1. The van der Waals surface area contributed by atoms with E-state index >= 15 is 0 Å². The van der Waals surface area contributed by atoms with E-state index in [-0.39, 0.29) is 11.4 Å². The second-order valence-corrected chi connectivity index (χ2v) is 4.50. The number of rotatable bonds is 2. The monoisotopic (exact) mass is 326 g/mol. The largest absolute Gasteiger partial charge is 0.464 e. The summed E-state index contributed by atoms with van der Waals surface area (Å²) >= 11 is 3.12. The second-order valence-electron chi connectivity index (χ2n) is 3.59. The van der Waals surface area contributed by atoms with Crippen LogP contribution in [0.3, 0.4) is 0 Å². The van der Waals surface area contributed by atoms with Gasteiger partial charge in [-0.25, -0.2) is 9.18 Å². The third-order valence-corrected chi connectivity index (χ3v) is 2.74. The van der Waals surface area contributed by atoms with Crippen LogP contribution in [0.4, 0.5) is 4.39 Å². The molecule has 0 saturated heterocycles. The van der Waals surface area contributed by atoms with Crippen molar-refractivity contribution in [3.63, 3.8) is 0 Å². The maximum absolute atomic E-state index is 13.3. The Bertz CT molecular complexity index is 679. The fraction of sp³-hybridized carbons (Fsp3) is 0.0833. The quantitative estimate of drug-likeness (QED) is 0.791. The molecule has 0 aliphatic carbocycles. The standard InChI is InChI=1S/C12H8BrFN2O3/c1-19-12(18)10-2-3-11(17)16(15-10)9-5-7(13)4-8(14)6-9/h2-6H,1H3. The molecule has 5 nitrogen and oxygen atoms in total. The Morgan fingerprint density at radius 3 is 2.74 bits per heavy atom. The Kier molecular flexibility index (Phi) is 3.75. The summed E-state index contributed by atoms with van der Waals surface area (Å²) in [6.45, 7) is 0. The Balaban J connectivity index is 2.61. The van der Waals surface area contributed by atoms with Gasteiger partial charge in [0.05, 0.1) is 12.8 Å². The molecule has 19 heavy (non-hydrogen) atoms. The third-order valence-electron chi connectivity index (χ3n) is 2.29. The average Bonchev–Trinajstić information content (AvgIpc) is 2.37. The van der Waals surface area contributed by atoms with Gasteiger partial charge < -0.3 is 4.74 Å². The minimum atomic E-state index is -0.677. The zero-order chi connectivity index (χ0) is 14.0. The summed E-state index contributed by atoms with van der Waals surface area (Å²) in [7, 11) is 1.21. The molecular weight excluding hydrogens is 319 g/mol. The van der Waals surface area contributed by atoms with Crippen molar-refractivity contribution < 1.29 is 13.9 Å². The molecule has 1 aromatic heterocycles. The van der Waals surface area contributed by atoms with Crippen LogP contribution >= 0.6 is 15.9 Å². The molecule has 1 heterocycles. The number of ether oxygens (including phenoxy) is 1. The van der Waals surface area contributed by atoms with Crippen molar-refractivity contribution in [2.24, 2.45) is 0 Å². The predicted octanol–water partition coefficient (Wildman–Crippen LogP) is 1.92. The lowest BCUT2D eigenvalue weighted by molar-refractivity contribution is 0.0591. The van der Waals surface area contributed by atoms with Crippen LogP contribution in [-0.2, 0) is 4.74 Å². The molecule has 0 radical (unpaired) electrons. The average molecular weight is 327 g/mol. The van der Waals surface area contributed by atoms with E-state index in [0.717, 1.165) is 16.8 Å². The van der Waals surface area contributed by atoms with Crippen molar-refractivity contribution in [3.05, 3.63) is 56.7 Å². The molecule has 0 aliphatic heterocycles. The predicted molar refractivity (Wildman–Crippen MR) is 68.8 cm³/mol. The zero-order valence-electron chi connectivity index (χ0n) is 9.76. The molecule has 2 aromatic rings. The lowest BCUT2D eigenvalue weighted by atomic mass is 10.3. The van der Waals surface area contributed by atoms with E-state index in [1.54, 1.807) is 0 Å². The molecule has 0 saturated carbocycles. The van der Waals surface area contributed by atoms with Crippen molar-refractivity contribution >= 4 is 21.9 Å². The maximum Gasteiger partial charge on any atom is 0.358 e. The molecule has 98 valence electrons. The summed E-state index contributed by atoms with van der Waals surface area (Å²) in [4.78, 5) is 23.1. The molecule has 0 fully saturated rings. The maximum atomic E-state index is 13.3. The van der Waals surface area contributed by atoms with Crippen molar-refractivity contribution in [1.29, 1.82) is 0 Å². The van der Waals surface area contributed by atoms with E-state index in [0.29, 0.717) is 4.47 Å². The number of hydrogen-bond acceptors (Lipinski definition) is 4. The molecule has 1 aromatic carbocycles. The van der Waals surface area contributed by atoms with Gasteiger partial charge in [-0.05, 0) is 24.3 Å². The van der Waals surface area contributed by atoms with Gasteiger partial charge in [0.1, 0.15) is 5.82 Å². The van der Waals surface area contributed by atoms with Crippen LogP contribution in [0.25, 0.3) is 5.69 Å². The SMILES string of the molecule is COC(=O)c1ccc(=O)n(-c2cc(F)cc(Br)c2)n1. The lowest BCUT2D eigenvalue weighted by Crippen LogP contribution is -2.23. The van der Waals surface area contributed by atoms with Crippen LogP contribution in [0.2, 0.25) is 0 Å². The highest BCUT2D eigenvalue weighted by Gasteiger charge is 2.11. The van der Waals surface area contributed by atoms with E-state index in [9.17, 15) is 14.0 Å². The molecule has 0 spiro atoms. The van der Waals surface area contributed by atoms with E-state index in [1.165, 1.54) is 25.3 Å². The van der Waals surface area contributed by atoms with E-state index in [4.69, 9.17) is 0 Å². The summed E-state index contributed by atoms with van der Waals surface area (Å²) < 4.78 is 19.2. The summed E-state index contributed by atoms with van der Waals surface area (Å²) in [6, 6.07) is 6.31. The van der Waals surface area contributed by atoms with Crippen molar-refractivity contribution in [2.75, 3.05) is 7.11 Å². The first-order chi connectivity index (χ1) is 9.01. The van der Waals surface area contributed by atoms with Crippen LogP contribution in [0.1, 0.15) is 10.5 Å². The van der Waals surface area contributed by atoms with Gasteiger partial charge in [0.2, 0.25) is 0 Å². The number of esters is 1. The number of halogens is 2. The van der Waals surface area contributed by atoms with E-state index < -0.39 is 17.3 Å². The molecule has 0 N–H and O–H groups in total. The Labute approximate surface area is 115 Å². The number of methoxy groups -OCH3 is 1. The highest BCUT2D eigenvalue weighted by Crippen LogP contribution is 2.16. The minimum Gasteiger partial charge on any atom is -0.464 e. The first-order valence-corrected chi connectivity index (χ1v) is 5.96. The van der Waals surface area contributed by atoms with Gasteiger partial charge in [-0.2, -0.15) is 9.78 Å². The summed E-state index contributed by atoms with van der Waals surface area (Å²) in [5, 5.41) is 3.84. The molecule has 2 rings (SSSR count). The van der Waals surface area contributed by atoms with Crippen molar-refractivity contribution in [1.82, 2.24) is 9.78 Å². The number of aromatic nitrogens is 2. The molecule has 0 amide bonds.